The normalized spacial score (nSPS) is 9.27. The van der Waals surface area contributed by atoms with Gasteiger partial charge in [0.25, 0.3) is 0 Å². The van der Waals surface area contributed by atoms with Crippen LogP contribution in [0.4, 0.5) is 5.82 Å². The van der Waals surface area contributed by atoms with Crippen LogP contribution in [0.1, 0.15) is 6.92 Å². The lowest BCUT2D eigenvalue weighted by Gasteiger charge is -2.06. The zero-order chi connectivity index (χ0) is 8.10. The van der Waals surface area contributed by atoms with Gasteiger partial charge in [-0.3, -0.25) is 0 Å². The molecule has 0 saturated heterocycles. The van der Waals surface area contributed by atoms with Gasteiger partial charge in [-0.25, -0.2) is 10.8 Å². The highest BCUT2D eigenvalue weighted by atomic mass is 16.5. The van der Waals surface area contributed by atoms with Crippen molar-refractivity contribution in [3.63, 3.8) is 0 Å². The van der Waals surface area contributed by atoms with Crippen LogP contribution in [0.5, 0.6) is 5.75 Å². The number of nitrogens with zero attached hydrogens (tertiary/aromatic N) is 1. The van der Waals surface area contributed by atoms with Gasteiger partial charge in [0.05, 0.1) is 6.61 Å². The molecule has 4 nitrogen and oxygen atoms in total. The van der Waals surface area contributed by atoms with Gasteiger partial charge in [-0.2, -0.15) is 0 Å². The second-order valence-corrected chi connectivity index (χ2v) is 1.93. The van der Waals surface area contributed by atoms with E-state index in [9.17, 15) is 0 Å². The van der Waals surface area contributed by atoms with E-state index in [0.717, 1.165) is 0 Å². The smallest absolute Gasteiger partial charge is 0.182 e. The predicted molar refractivity (Wildman–Crippen MR) is 43.2 cm³/mol. The SMILES string of the molecule is CCOc1cccnc1NN. The number of hydrogen-bond donors (Lipinski definition) is 2. The lowest BCUT2D eigenvalue weighted by molar-refractivity contribution is 0.340. The number of ether oxygens (including phenoxy) is 1. The third-order valence-electron chi connectivity index (χ3n) is 1.21. The first-order valence-corrected chi connectivity index (χ1v) is 3.43. The Morgan fingerprint density at radius 2 is 2.55 bits per heavy atom. The maximum atomic E-state index is 5.22. The number of hydrazine groups is 1. The highest BCUT2D eigenvalue weighted by Crippen LogP contribution is 2.18. The summed E-state index contributed by atoms with van der Waals surface area (Å²) in [5, 5.41) is 0. The lowest BCUT2D eigenvalue weighted by Crippen LogP contribution is -2.10. The summed E-state index contributed by atoms with van der Waals surface area (Å²) in [4.78, 5) is 3.95. The van der Waals surface area contributed by atoms with Crippen molar-refractivity contribution in [3.8, 4) is 5.75 Å². The minimum Gasteiger partial charge on any atom is -0.490 e. The summed E-state index contributed by atoms with van der Waals surface area (Å²) in [6.45, 7) is 2.52. The summed E-state index contributed by atoms with van der Waals surface area (Å²) in [5.41, 5.74) is 2.44. The van der Waals surface area contributed by atoms with Gasteiger partial charge in [0, 0.05) is 6.20 Å². The summed E-state index contributed by atoms with van der Waals surface area (Å²) in [6.07, 6.45) is 1.65. The van der Waals surface area contributed by atoms with Crippen molar-refractivity contribution in [2.45, 2.75) is 6.92 Å². The van der Waals surface area contributed by atoms with Crippen molar-refractivity contribution >= 4 is 5.82 Å². The van der Waals surface area contributed by atoms with Crippen molar-refractivity contribution in [2.75, 3.05) is 12.0 Å². The van der Waals surface area contributed by atoms with E-state index >= 15 is 0 Å². The molecule has 0 fully saturated rings. The molecule has 60 valence electrons. The quantitative estimate of drug-likeness (QED) is 0.497. The van der Waals surface area contributed by atoms with E-state index in [0.29, 0.717) is 18.2 Å². The molecular weight excluding hydrogens is 142 g/mol. The number of nitrogens with two attached hydrogens (primary N) is 1. The first-order chi connectivity index (χ1) is 5.38. The van der Waals surface area contributed by atoms with E-state index in [1.165, 1.54) is 0 Å². The minimum atomic E-state index is 0.564. The van der Waals surface area contributed by atoms with Crippen LogP contribution in [0, 0.1) is 0 Å². The summed E-state index contributed by atoms with van der Waals surface area (Å²) >= 11 is 0. The molecule has 0 amide bonds. The average Bonchev–Trinajstić information content (AvgIpc) is 2.06. The first-order valence-electron chi connectivity index (χ1n) is 3.43. The lowest BCUT2D eigenvalue weighted by atomic mass is 10.4. The molecule has 3 N–H and O–H groups in total. The summed E-state index contributed by atoms with van der Waals surface area (Å²) in [5.74, 6) is 6.43. The maximum absolute atomic E-state index is 5.22. The topological polar surface area (TPSA) is 60.2 Å². The maximum Gasteiger partial charge on any atom is 0.182 e. The van der Waals surface area contributed by atoms with Crippen LogP contribution in [0.25, 0.3) is 0 Å². The van der Waals surface area contributed by atoms with Gasteiger partial charge in [-0.15, -0.1) is 0 Å². The molecule has 1 heterocycles. The van der Waals surface area contributed by atoms with Crippen molar-refractivity contribution in [2.24, 2.45) is 5.84 Å². The van der Waals surface area contributed by atoms with Crippen molar-refractivity contribution < 1.29 is 4.74 Å². The van der Waals surface area contributed by atoms with Crippen LogP contribution in [-0.2, 0) is 0 Å². The number of rotatable bonds is 3. The fraction of sp³-hybridized carbons (Fsp3) is 0.286. The van der Waals surface area contributed by atoms with E-state index in [-0.39, 0.29) is 0 Å². The highest BCUT2D eigenvalue weighted by Gasteiger charge is 1.99. The Hall–Kier alpha value is -1.29. The Balaban J connectivity index is 2.83. The number of nitrogens with one attached hydrogen (secondary N) is 1. The Labute approximate surface area is 65.4 Å². The molecular formula is C7H11N3O. The number of hydrogen-bond acceptors (Lipinski definition) is 4. The van der Waals surface area contributed by atoms with Gasteiger partial charge in [0.15, 0.2) is 11.6 Å². The largest absolute Gasteiger partial charge is 0.490 e. The Bertz CT molecular complexity index is 227. The molecule has 1 rings (SSSR count). The third kappa shape index (κ3) is 1.81. The number of aromatic nitrogens is 1. The van der Waals surface area contributed by atoms with Gasteiger partial charge in [-0.1, -0.05) is 0 Å². The molecule has 11 heavy (non-hydrogen) atoms. The molecule has 0 radical (unpaired) electrons. The average molecular weight is 153 g/mol. The monoisotopic (exact) mass is 153 g/mol. The Morgan fingerprint density at radius 1 is 1.73 bits per heavy atom. The summed E-state index contributed by atoms with van der Waals surface area (Å²) in [6, 6.07) is 3.61. The predicted octanol–water partition coefficient (Wildman–Crippen LogP) is 0.766. The van der Waals surface area contributed by atoms with Gasteiger partial charge in [0.1, 0.15) is 0 Å². The van der Waals surface area contributed by atoms with Gasteiger partial charge >= 0.3 is 0 Å². The molecule has 0 aromatic carbocycles. The zero-order valence-electron chi connectivity index (χ0n) is 6.37. The molecule has 0 unspecified atom stereocenters. The van der Waals surface area contributed by atoms with Crippen LogP contribution < -0.4 is 16.0 Å². The molecule has 0 aliphatic rings. The van der Waals surface area contributed by atoms with Crippen molar-refractivity contribution in [1.29, 1.82) is 0 Å². The van der Waals surface area contributed by atoms with Crippen LogP contribution in [-0.4, -0.2) is 11.6 Å². The molecule has 0 bridgehead atoms. The van der Waals surface area contributed by atoms with Gasteiger partial charge < -0.3 is 10.2 Å². The molecule has 0 atom stereocenters. The molecule has 1 aromatic heterocycles. The Morgan fingerprint density at radius 3 is 3.18 bits per heavy atom. The number of nitrogen functional groups attached to an aromatic ring is 1. The van der Waals surface area contributed by atoms with Gasteiger partial charge in [0.2, 0.25) is 0 Å². The minimum absolute atomic E-state index is 0.564. The number of pyridine rings is 1. The molecule has 0 saturated carbocycles. The zero-order valence-corrected chi connectivity index (χ0v) is 6.37. The van der Waals surface area contributed by atoms with Crippen LogP contribution >= 0.6 is 0 Å². The standard InChI is InChI=1S/C7H11N3O/c1-2-11-6-4-3-5-9-7(6)10-8/h3-5H,2,8H2,1H3,(H,9,10). The van der Waals surface area contributed by atoms with Crippen LogP contribution in [0.3, 0.4) is 0 Å². The van der Waals surface area contributed by atoms with E-state index in [4.69, 9.17) is 10.6 Å². The number of anilines is 1. The molecule has 0 aliphatic heterocycles. The van der Waals surface area contributed by atoms with Crippen molar-refractivity contribution in [1.82, 2.24) is 4.98 Å². The van der Waals surface area contributed by atoms with Crippen molar-refractivity contribution in [3.05, 3.63) is 18.3 Å². The molecule has 0 spiro atoms. The molecule has 4 heteroatoms. The Kier molecular flexibility index (Phi) is 2.68. The fourth-order valence-corrected chi connectivity index (χ4v) is 0.771. The van der Waals surface area contributed by atoms with E-state index in [2.05, 4.69) is 10.4 Å². The molecule has 0 aliphatic carbocycles. The second-order valence-electron chi connectivity index (χ2n) is 1.93. The van der Waals surface area contributed by atoms with Crippen LogP contribution in [0.2, 0.25) is 0 Å². The van der Waals surface area contributed by atoms with E-state index in [1.54, 1.807) is 12.3 Å². The highest BCUT2D eigenvalue weighted by molar-refractivity contribution is 5.48. The summed E-state index contributed by atoms with van der Waals surface area (Å²) in [7, 11) is 0. The molecule has 1 aromatic rings. The summed E-state index contributed by atoms with van der Waals surface area (Å²) < 4.78 is 5.22. The second kappa shape index (κ2) is 3.78. The fourth-order valence-electron chi connectivity index (χ4n) is 0.771. The first kappa shape index (κ1) is 7.81. The van der Waals surface area contributed by atoms with E-state index in [1.807, 2.05) is 13.0 Å². The van der Waals surface area contributed by atoms with Gasteiger partial charge in [-0.05, 0) is 19.1 Å². The third-order valence-corrected chi connectivity index (χ3v) is 1.21. The van der Waals surface area contributed by atoms with E-state index < -0.39 is 0 Å². The van der Waals surface area contributed by atoms with Crippen LogP contribution in [0.15, 0.2) is 18.3 Å².